The molecule has 1 saturated carbocycles. The van der Waals surface area contributed by atoms with Crippen LogP contribution in [0.2, 0.25) is 0 Å². The summed E-state index contributed by atoms with van der Waals surface area (Å²) in [5.41, 5.74) is 1.89. The van der Waals surface area contributed by atoms with E-state index in [1.807, 2.05) is 6.92 Å². The van der Waals surface area contributed by atoms with Crippen molar-refractivity contribution in [3.8, 4) is 11.5 Å². The fraction of sp³-hybridized carbons (Fsp3) is 0.429. The minimum absolute atomic E-state index is 0.207. The highest BCUT2D eigenvalue weighted by molar-refractivity contribution is 7.92. The van der Waals surface area contributed by atoms with Crippen LogP contribution >= 0.6 is 0 Å². The lowest BCUT2D eigenvalue weighted by molar-refractivity contribution is 0.00688. The highest BCUT2D eigenvalue weighted by Crippen LogP contribution is 2.29. The fourth-order valence-corrected chi connectivity index (χ4v) is 4.84. The van der Waals surface area contributed by atoms with Gasteiger partial charge in [0.05, 0.1) is 18.1 Å². The number of benzene rings is 2. The van der Waals surface area contributed by atoms with Gasteiger partial charge in [-0.3, -0.25) is 4.72 Å². The fourth-order valence-electron chi connectivity index (χ4n) is 3.48. The number of hydrogen-bond acceptors (Lipinski definition) is 5. The molecule has 2 aromatic rings. The normalized spacial score (nSPS) is 19.9. The minimum Gasteiger partial charge on any atom is -0.496 e. The van der Waals surface area contributed by atoms with Gasteiger partial charge in [0.15, 0.2) is 0 Å². The summed E-state index contributed by atoms with van der Waals surface area (Å²) in [6.07, 6.45) is 2.98. The van der Waals surface area contributed by atoms with Gasteiger partial charge in [-0.05, 0) is 80.6 Å². The maximum atomic E-state index is 12.8. The Kier molecular flexibility index (Phi) is 6.15. The van der Waals surface area contributed by atoms with Gasteiger partial charge in [0.1, 0.15) is 17.6 Å². The van der Waals surface area contributed by atoms with Crippen LogP contribution in [0.25, 0.3) is 0 Å². The summed E-state index contributed by atoms with van der Waals surface area (Å²) in [7, 11) is -2.17. The van der Waals surface area contributed by atoms with E-state index in [2.05, 4.69) is 4.72 Å². The Labute approximate surface area is 166 Å². The van der Waals surface area contributed by atoms with E-state index in [4.69, 9.17) is 9.47 Å². The number of hydrogen-bond donors (Lipinski definition) is 2. The molecule has 1 fully saturated rings. The lowest BCUT2D eigenvalue weighted by Crippen LogP contribution is -2.34. The van der Waals surface area contributed by atoms with Crippen molar-refractivity contribution < 1.29 is 23.0 Å². The number of rotatable bonds is 6. The monoisotopic (exact) mass is 405 g/mol. The van der Waals surface area contributed by atoms with Crippen LogP contribution in [0.3, 0.4) is 0 Å². The summed E-state index contributed by atoms with van der Waals surface area (Å²) < 4.78 is 39.3. The molecule has 3 rings (SSSR count). The smallest absolute Gasteiger partial charge is 0.262 e. The number of nitrogens with one attached hydrogen (secondary N) is 1. The Morgan fingerprint density at radius 3 is 2.32 bits per heavy atom. The van der Waals surface area contributed by atoms with Crippen LogP contribution < -0.4 is 14.2 Å². The number of methoxy groups -OCH3 is 1. The lowest BCUT2D eigenvalue weighted by atomic mass is 9.95. The molecule has 6 nitrogen and oxygen atoms in total. The van der Waals surface area contributed by atoms with Gasteiger partial charge in [-0.2, -0.15) is 0 Å². The lowest BCUT2D eigenvalue weighted by Gasteiger charge is -2.28. The zero-order chi connectivity index (χ0) is 20.3. The first-order valence-corrected chi connectivity index (χ1v) is 10.9. The predicted molar refractivity (Wildman–Crippen MR) is 109 cm³/mol. The quantitative estimate of drug-likeness (QED) is 0.764. The van der Waals surface area contributed by atoms with E-state index in [0.717, 1.165) is 31.2 Å². The van der Waals surface area contributed by atoms with Crippen molar-refractivity contribution in [3.05, 3.63) is 47.5 Å². The average Bonchev–Trinajstić information content (AvgIpc) is 2.67. The SMILES string of the molecule is COc1ccc(S(=O)(=O)Nc2ccc(O[C@@H]3CCCC[C@H]3O)cc2)c(C)c1C. The van der Waals surface area contributed by atoms with E-state index in [0.29, 0.717) is 22.7 Å². The van der Waals surface area contributed by atoms with Crippen LogP contribution in [-0.4, -0.2) is 32.8 Å². The molecule has 152 valence electrons. The Bertz CT molecular complexity index is 925. The van der Waals surface area contributed by atoms with E-state index >= 15 is 0 Å². The molecule has 0 aliphatic heterocycles. The first-order valence-electron chi connectivity index (χ1n) is 9.43. The summed E-state index contributed by atoms with van der Waals surface area (Å²) in [4.78, 5) is 0.219. The van der Waals surface area contributed by atoms with Gasteiger partial charge in [-0.1, -0.05) is 6.42 Å². The first kappa shape index (κ1) is 20.5. The molecule has 0 amide bonds. The van der Waals surface area contributed by atoms with Crippen LogP contribution in [0.4, 0.5) is 5.69 Å². The minimum atomic E-state index is -3.73. The number of aliphatic hydroxyl groups is 1. The molecule has 0 aromatic heterocycles. The van der Waals surface area contributed by atoms with Crippen molar-refractivity contribution in [2.45, 2.75) is 56.6 Å². The molecule has 0 spiro atoms. The zero-order valence-electron chi connectivity index (χ0n) is 16.4. The summed E-state index contributed by atoms with van der Waals surface area (Å²) in [5.74, 6) is 1.27. The molecule has 2 atom stereocenters. The second-order valence-corrected chi connectivity index (χ2v) is 8.80. The number of aliphatic hydroxyl groups excluding tert-OH is 1. The van der Waals surface area contributed by atoms with E-state index < -0.39 is 16.1 Å². The third kappa shape index (κ3) is 4.42. The predicted octanol–water partition coefficient (Wildman–Crippen LogP) is 3.80. The van der Waals surface area contributed by atoms with E-state index in [-0.39, 0.29) is 11.0 Å². The molecular formula is C21H27NO5S. The Morgan fingerprint density at radius 1 is 1.00 bits per heavy atom. The second kappa shape index (κ2) is 8.41. The molecule has 2 N–H and O–H groups in total. The van der Waals surface area contributed by atoms with Crippen LogP contribution in [0.5, 0.6) is 11.5 Å². The Balaban J connectivity index is 1.73. The molecule has 0 unspecified atom stereocenters. The van der Waals surface area contributed by atoms with Crippen LogP contribution in [0, 0.1) is 13.8 Å². The van der Waals surface area contributed by atoms with Gasteiger partial charge in [-0.25, -0.2) is 8.42 Å². The molecular weight excluding hydrogens is 378 g/mol. The van der Waals surface area contributed by atoms with E-state index in [1.165, 1.54) is 0 Å². The largest absolute Gasteiger partial charge is 0.496 e. The second-order valence-electron chi connectivity index (χ2n) is 7.15. The van der Waals surface area contributed by atoms with Crippen molar-refractivity contribution in [1.29, 1.82) is 0 Å². The maximum Gasteiger partial charge on any atom is 0.262 e. The van der Waals surface area contributed by atoms with Crippen molar-refractivity contribution in [3.63, 3.8) is 0 Å². The summed E-state index contributed by atoms with van der Waals surface area (Å²) in [6.45, 7) is 3.60. The highest BCUT2D eigenvalue weighted by Gasteiger charge is 2.25. The number of anilines is 1. The summed E-state index contributed by atoms with van der Waals surface area (Å²) in [6, 6.07) is 9.95. The van der Waals surface area contributed by atoms with Gasteiger partial charge < -0.3 is 14.6 Å². The van der Waals surface area contributed by atoms with E-state index in [1.54, 1.807) is 50.4 Å². The molecule has 2 aromatic carbocycles. The summed E-state index contributed by atoms with van der Waals surface area (Å²) in [5, 5.41) is 10.0. The van der Waals surface area contributed by atoms with Crippen molar-refractivity contribution >= 4 is 15.7 Å². The topological polar surface area (TPSA) is 84.9 Å². The maximum absolute atomic E-state index is 12.8. The molecule has 28 heavy (non-hydrogen) atoms. The van der Waals surface area contributed by atoms with E-state index in [9.17, 15) is 13.5 Å². The third-order valence-corrected chi connectivity index (χ3v) is 6.78. The van der Waals surface area contributed by atoms with Gasteiger partial charge in [0.2, 0.25) is 0 Å². The zero-order valence-corrected chi connectivity index (χ0v) is 17.3. The molecule has 0 saturated heterocycles. The van der Waals surface area contributed by atoms with Crippen LogP contribution in [-0.2, 0) is 10.0 Å². The molecule has 0 radical (unpaired) electrons. The van der Waals surface area contributed by atoms with Crippen molar-refractivity contribution in [2.75, 3.05) is 11.8 Å². The molecule has 7 heteroatoms. The standard InChI is InChI=1S/C21H27NO5S/c1-14-15(2)21(13-12-19(14)26-3)28(24,25)22-16-8-10-17(11-9-16)27-20-7-5-4-6-18(20)23/h8-13,18,20,22-23H,4-7H2,1-3H3/t18-,20-/m1/s1. The third-order valence-electron chi connectivity index (χ3n) is 5.26. The van der Waals surface area contributed by atoms with Gasteiger partial charge in [0.25, 0.3) is 10.0 Å². The summed E-state index contributed by atoms with van der Waals surface area (Å²) >= 11 is 0. The average molecular weight is 406 g/mol. The molecule has 0 heterocycles. The van der Waals surface area contributed by atoms with Gasteiger partial charge >= 0.3 is 0 Å². The van der Waals surface area contributed by atoms with Gasteiger partial charge in [0, 0.05) is 5.69 Å². The number of ether oxygens (including phenoxy) is 2. The highest BCUT2D eigenvalue weighted by atomic mass is 32.2. The molecule has 1 aliphatic carbocycles. The van der Waals surface area contributed by atoms with Crippen LogP contribution in [0.1, 0.15) is 36.8 Å². The Hall–Kier alpha value is -2.25. The van der Waals surface area contributed by atoms with Crippen molar-refractivity contribution in [1.82, 2.24) is 0 Å². The van der Waals surface area contributed by atoms with Crippen LogP contribution in [0.15, 0.2) is 41.3 Å². The van der Waals surface area contributed by atoms with Gasteiger partial charge in [-0.15, -0.1) is 0 Å². The molecule has 0 bridgehead atoms. The first-order chi connectivity index (χ1) is 13.3. The number of sulfonamides is 1. The van der Waals surface area contributed by atoms with Crippen molar-refractivity contribution in [2.24, 2.45) is 0 Å². The Morgan fingerprint density at radius 2 is 1.68 bits per heavy atom. The molecule has 1 aliphatic rings.